The minimum absolute atomic E-state index is 0.0670. The van der Waals surface area contributed by atoms with E-state index in [4.69, 9.17) is 10.5 Å². The number of ether oxygens (including phenoxy) is 1. The fourth-order valence-corrected chi connectivity index (χ4v) is 2.33. The van der Waals surface area contributed by atoms with Gasteiger partial charge >= 0.3 is 5.97 Å². The summed E-state index contributed by atoms with van der Waals surface area (Å²) in [5.74, 6) is -0.583. The number of nitro benzene ring substituents is 1. The van der Waals surface area contributed by atoms with Crippen molar-refractivity contribution in [3.8, 4) is 0 Å². The Labute approximate surface area is 130 Å². The largest absolute Gasteiger partial charge is 0.458 e. The number of para-hydroxylation sites is 1. The second kappa shape index (κ2) is 6.44. The molecule has 0 fully saturated rings. The number of benzene rings is 1. The molecule has 0 heterocycles. The van der Waals surface area contributed by atoms with Crippen LogP contribution in [0.1, 0.15) is 46.6 Å². The average Bonchev–Trinajstić information content (AvgIpc) is 2.35. The first-order valence-electron chi connectivity index (χ1n) is 7.23. The number of nitrogens with zero attached hydrogens (tertiary/aromatic N) is 1. The summed E-state index contributed by atoms with van der Waals surface area (Å²) in [6, 6.07) is 6.05. The molecule has 0 amide bonds. The van der Waals surface area contributed by atoms with Crippen LogP contribution in [0.25, 0.3) is 0 Å². The van der Waals surface area contributed by atoms with Gasteiger partial charge in [0.05, 0.1) is 10.5 Å². The zero-order valence-corrected chi connectivity index (χ0v) is 13.8. The van der Waals surface area contributed by atoms with Crippen molar-refractivity contribution in [3.63, 3.8) is 0 Å². The van der Waals surface area contributed by atoms with E-state index >= 15 is 0 Å². The summed E-state index contributed by atoms with van der Waals surface area (Å²) >= 11 is 0. The molecule has 0 saturated carbocycles. The Hall–Kier alpha value is -1.95. The molecule has 0 bridgehead atoms. The molecule has 22 heavy (non-hydrogen) atoms. The highest BCUT2D eigenvalue weighted by atomic mass is 16.6. The van der Waals surface area contributed by atoms with Crippen LogP contribution in [0.3, 0.4) is 0 Å². The molecule has 0 unspecified atom stereocenters. The number of carbonyl (C=O) groups excluding carboxylic acids is 1. The standard InChI is InChI=1S/C16H24N2O4/c1-11(2)10-16(17,14(19)22-15(3,4)5)12-8-6-7-9-13(12)18(20)21/h6-9,11H,10,17H2,1-5H3/t16-/m0/s1. The van der Waals surface area contributed by atoms with Gasteiger partial charge in [0.25, 0.3) is 5.69 Å². The molecule has 0 aliphatic rings. The minimum Gasteiger partial charge on any atom is -0.458 e. The van der Waals surface area contributed by atoms with Gasteiger partial charge < -0.3 is 10.5 Å². The maximum atomic E-state index is 12.6. The third-order valence-corrected chi connectivity index (χ3v) is 3.07. The summed E-state index contributed by atoms with van der Waals surface area (Å²) < 4.78 is 5.41. The lowest BCUT2D eigenvalue weighted by atomic mass is 9.82. The van der Waals surface area contributed by atoms with Crippen LogP contribution >= 0.6 is 0 Å². The molecule has 6 nitrogen and oxygen atoms in total. The molecule has 0 saturated heterocycles. The Morgan fingerprint density at radius 1 is 1.32 bits per heavy atom. The molecular weight excluding hydrogens is 284 g/mol. The van der Waals surface area contributed by atoms with E-state index in [1.165, 1.54) is 12.1 Å². The van der Waals surface area contributed by atoms with Crippen molar-refractivity contribution in [2.75, 3.05) is 0 Å². The van der Waals surface area contributed by atoms with E-state index in [1.54, 1.807) is 32.9 Å². The Bertz CT molecular complexity index is 564. The average molecular weight is 308 g/mol. The fourth-order valence-electron chi connectivity index (χ4n) is 2.33. The summed E-state index contributed by atoms with van der Waals surface area (Å²) in [7, 11) is 0. The maximum absolute atomic E-state index is 12.6. The van der Waals surface area contributed by atoms with Gasteiger partial charge in [-0.05, 0) is 39.2 Å². The highest BCUT2D eigenvalue weighted by Crippen LogP contribution is 2.35. The topological polar surface area (TPSA) is 95.5 Å². The van der Waals surface area contributed by atoms with E-state index in [-0.39, 0.29) is 23.6 Å². The Kier molecular flexibility index (Phi) is 5.30. The number of hydrogen-bond donors (Lipinski definition) is 1. The predicted molar refractivity (Wildman–Crippen MR) is 84.3 cm³/mol. The van der Waals surface area contributed by atoms with Gasteiger partial charge in [0, 0.05) is 6.07 Å². The summed E-state index contributed by atoms with van der Waals surface area (Å²) in [5.41, 5.74) is 4.07. The molecule has 1 atom stereocenters. The molecule has 0 spiro atoms. The molecular formula is C16H24N2O4. The first-order valence-corrected chi connectivity index (χ1v) is 7.23. The Morgan fingerprint density at radius 3 is 2.32 bits per heavy atom. The molecule has 0 radical (unpaired) electrons. The first-order chi connectivity index (χ1) is 9.97. The first kappa shape index (κ1) is 18.1. The normalized spacial score (nSPS) is 14.5. The maximum Gasteiger partial charge on any atom is 0.331 e. The van der Waals surface area contributed by atoms with Crippen molar-refractivity contribution in [1.82, 2.24) is 0 Å². The second-order valence-electron chi connectivity index (χ2n) is 6.85. The van der Waals surface area contributed by atoms with Crippen molar-refractivity contribution >= 4 is 11.7 Å². The molecule has 6 heteroatoms. The molecule has 1 aromatic rings. The highest BCUT2D eigenvalue weighted by Gasteiger charge is 2.44. The van der Waals surface area contributed by atoms with Gasteiger partial charge in [0.2, 0.25) is 0 Å². The monoisotopic (exact) mass is 308 g/mol. The van der Waals surface area contributed by atoms with E-state index in [0.29, 0.717) is 0 Å². The van der Waals surface area contributed by atoms with Crippen LogP contribution in [0, 0.1) is 16.0 Å². The van der Waals surface area contributed by atoms with E-state index in [9.17, 15) is 14.9 Å². The number of rotatable bonds is 5. The predicted octanol–water partition coefficient (Wildman–Crippen LogP) is 3.14. The van der Waals surface area contributed by atoms with Crippen LogP contribution in [-0.4, -0.2) is 16.5 Å². The van der Waals surface area contributed by atoms with E-state index in [1.807, 2.05) is 13.8 Å². The van der Waals surface area contributed by atoms with Crippen molar-refractivity contribution in [2.45, 2.75) is 52.2 Å². The number of hydrogen-bond acceptors (Lipinski definition) is 5. The van der Waals surface area contributed by atoms with Crippen molar-refractivity contribution < 1.29 is 14.5 Å². The quantitative estimate of drug-likeness (QED) is 0.512. The van der Waals surface area contributed by atoms with Gasteiger partial charge in [-0.1, -0.05) is 26.0 Å². The highest BCUT2D eigenvalue weighted by molar-refractivity contribution is 5.84. The second-order valence-corrected chi connectivity index (χ2v) is 6.85. The summed E-state index contributed by atoms with van der Waals surface area (Å²) in [6.45, 7) is 9.02. The molecule has 1 aromatic carbocycles. The molecule has 0 aromatic heterocycles. The van der Waals surface area contributed by atoms with E-state index in [0.717, 1.165) is 0 Å². The van der Waals surface area contributed by atoms with Gasteiger partial charge in [0.1, 0.15) is 11.1 Å². The Balaban J connectivity index is 3.40. The number of carbonyl (C=O) groups is 1. The fraction of sp³-hybridized carbons (Fsp3) is 0.562. The van der Waals surface area contributed by atoms with Crippen molar-refractivity contribution in [2.24, 2.45) is 11.7 Å². The zero-order chi connectivity index (χ0) is 17.1. The number of esters is 1. The molecule has 0 aliphatic heterocycles. The van der Waals surface area contributed by atoms with Crippen LogP contribution in [-0.2, 0) is 15.1 Å². The number of nitro groups is 1. The lowest BCUT2D eigenvalue weighted by Crippen LogP contribution is -2.49. The Morgan fingerprint density at radius 2 is 1.86 bits per heavy atom. The van der Waals surface area contributed by atoms with Crippen LogP contribution in [0.15, 0.2) is 24.3 Å². The smallest absolute Gasteiger partial charge is 0.331 e. The van der Waals surface area contributed by atoms with Crippen molar-refractivity contribution in [1.29, 1.82) is 0 Å². The summed E-state index contributed by atoms with van der Waals surface area (Å²) in [5, 5.41) is 11.3. The van der Waals surface area contributed by atoms with Crippen LogP contribution in [0.4, 0.5) is 5.69 Å². The minimum atomic E-state index is -1.55. The SMILES string of the molecule is CC(C)C[C@@](N)(C(=O)OC(C)(C)C)c1ccccc1[N+](=O)[O-]. The van der Waals surface area contributed by atoms with Gasteiger partial charge in [0.15, 0.2) is 0 Å². The van der Waals surface area contributed by atoms with Crippen LogP contribution in [0.2, 0.25) is 0 Å². The third-order valence-electron chi connectivity index (χ3n) is 3.07. The van der Waals surface area contributed by atoms with Crippen LogP contribution < -0.4 is 5.73 Å². The van der Waals surface area contributed by atoms with Gasteiger partial charge in [-0.2, -0.15) is 0 Å². The number of nitrogens with two attached hydrogens (primary N) is 1. The third kappa shape index (κ3) is 4.27. The van der Waals surface area contributed by atoms with Gasteiger partial charge in [-0.3, -0.25) is 10.1 Å². The molecule has 0 aliphatic carbocycles. The van der Waals surface area contributed by atoms with E-state index < -0.39 is 22.0 Å². The van der Waals surface area contributed by atoms with Gasteiger partial charge in [-0.25, -0.2) is 4.79 Å². The van der Waals surface area contributed by atoms with Gasteiger partial charge in [-0.15, -0.1) is 0 Å². The molecule has 1 rings (SSSR count). The zero-order valence-electron chi connectivity index (χ0n) is 13.8. The lowest BCUT2D eigenvalue weighted by Gasteiger charge is -2.32. The summed E-state index contributed by atoms with van der Waals surface area (Å²) in [4.78, 5) is 23.4. The van der Waals surface area contributed by atoms with Crippen LogP contribution in [0.5, 0.6) is 0 Å². The lowest BCUT2D eigenvalue weighted by molar-refractivity contribution is -0.386. The molecule has 2 N–H and O–H groups in total. The van der Waals surface area contributed by atoms with Crippen molar-refractivity contribution in [3.05, 3.63) is 39.9 Å². The summed E-state index contributed by atoms with van der Waals surface area (Å²) in [6.07, 6.45) is 0.257. The molecule has 122 valence electrons. The van der Waals surface area contributed by atoms with E-state index in [2.05, 4.69) is 0 Å².